The molecule has 0 aliphatic carbocycles. The van der Waals surface area contributed by atoms with Crippen LogP contribution in [0.1, 0.15) is 32.8 Å². The van der Waals surface area contributed by atoms with Gasteiger partial charge in [-0.25, -0.2) is 9.78 Å². The monoisotopic (exact) mass is 343 g/mol. The van der Waals surface area contributed by atoms with Crippen molar-refractivity contribution < 1.29 is 9.53 Å². The topological polar surface area (TPSA) is 63.2 Å². The maximum Gasteiger partial charge on any atom is 0.407 e. The highest BCUT2D eigenvalue weighted by atomic mass is 79.9. The Bertz CT molecular complexity index is 458. The maximum absolute atomic E-state index is 11.4. The smallest absolute Gasteiger partial charge is 0.407 e. The fraction of sp³-hybridized carbons (Fsp3) is 0.571. The Morgan fingerprint density at radius 1 is 1.40 bits per heavy atom. The van der Waals surface area contributed by atoms with Crippen LogP contribution in [0.4, 0.5) is 10.6 Å². The summed E-state index contributed by atoms with van der Waals surface area (Å²) in [7, 11) is 0. The second kappa shape index (κ2) is 7.47. The number of pyridine rings is 1. The van der Waals surface area contributed by atoms with E-state index in [1.54, 1.807) is 6.20 Å². The molecule has 1 rings (SSSR count). The Kier molecular flexibility index (Phi) is 6.26. The minimum absolute atomic E-state index is 0.379. The van der Waals surface area contributed by atoms with Gasteiger partial charge in [0, 0.05) is 23.8 Å². The van der Waals surface area contributed by atoms with Gasteiger partial charge in [0.2, 0.25) is 0 Å². The van der Waals surface area contributed by atoms with Gasteiger partial charge < -0.3 is 15.4 Å². The molecule has 1 heterocycles. The lowest BCUT2D eigenvalue weighted by atomic mass is 10.2. The number of hydrogen-bond donors (Lipinski definition) is 2. The Hall–Kier alpha value is -1.30. The first-order valence-corrected chi connectivity index (χ1v) is 7.40. The van der Waals surface area contributed by atoms with Gasteiger partial charge in [-0.15, -0.1) is 0 Å². The Morgan fingerprint density at radius 2 is 2.10 bits per heavy atom. The summed E-state index contributed by atoms with van der Waals surface area (Å²) in [6.45, 7) is 8.84. The van der Waals surface area contributed by atoms with Gasteiger partial charge in [0.25, 0.3) is 0 Å². The van der Waals surface area contributed by atoms with E-state index in [4.69, 9.17) is 4.74 Å². The molecule has 0 aromatic carbocycles. The number of nitrogens with one attached hydrogen (secondary N) is 2. The van der Waals surface area contributed by atoms with Crippen LogP contribution in [0.2, 0.25) is 0 Å². The van der Waals surface area contributed by atoms with Crippen LogP contribution in [0.15, 0.2) is 16.7 Å². The summed E-state index contributed by atoms with van der Waals surface area (Å²) in [5, 5.41) is 5.96. The van der Waals surface area contributed by atoms with Gasteiger partial charge >= 0.3 is 6.09 Å². The molecule has 0 fully saturated rings. The van der Waals surface area contributed by atoms with E-state index in [-0.39, 0.29) is 6.09 Å². The van der Waals surface area contributed by atoms with Gasteiger partial charge in [-0.1, -0.05) is 0 Å². The first kappa shape index (κ1) is 16.8. The molecule has 0 bridgehead atoms. The third-order valence-electron chi connectivity index (χ3n) is 2.36. The summed E-state index contributed by atoms with van der Waals surface area (Å²) >= 11 is 3.38. The summed E-state index contributed by atoms with van der Waals surface area (Å²) < 4.78 is 6.11. The van der Waals surface area contributed by atoms with Gasteiger partial charge in [0.05, 0.1) is 0 Å². The minimum Gasteiger partial charge on any atom is -0.444 e. The van der Waals surface area contributed by atoms with E-state index < -0.39 is 5.60 Å². The summed E-state index contributed by atoms with van der Waals surface area (Å²) in [4.78, 5) is 15.7. The summed E-state index contributed by atoms with van der Waals surface area (Å²) in [6.07, 6.45) is 2.18. The lowest BCUT2D eigenvalue weighted by molar-refractivity contribution is 0.0528. The zero-order valence-electron chi connectivity index (χ0n) is 12.4. The molecule has 2 N–H and O–H groups in total. The molecule has 0 saturated heterocycles. The number of amides is 1. The van der Waals surface area contributed by atoms with Crippen LogP contribution in [0.3, 0.4) is 0 Å². The van der Waals surface area contributed by atoms with Crippen LogP contribution in [-0.2, 0) is 4.74 Å². The molecule has 5 nitrogen and oxygen atoms in total. The number of hydrogen-bond acceptors (Lipinski definition) is 4. The van der Waals surface area contributed by atoms with Gasteiger partial charge in [0.1, 0.15) is 11.4 Å². The van der Waals surface area contributed by atoms with Crippen molar-refractivity contribution in [1.82, 2.24) is 10.3 Å². The van der Waals surface area contributed by atoms with Gasteiger partial charge in [0.15, 0.2) is 0 Å². The number of nitrogens with zero attached hydrogens (tertiary/aromatic N) is 1. The third-order valence-corrected chi connectivity index (χ3v) is 2.79. The number of halogens is 1. The zero-order chi connectivity index (χ0) is 15.2. The third kappa shape index (κ3) is 6.75. The molecular formula is C14H22BrN3O2. The van der Waals surface area contributed by atoms with Gasteiger partial charge in [-0.05, 0) is 61.7 Å². The number of rotatable bonds is 5. The van der Waals surface area contributed by atoms with E-state index in [0.717, 1.165) is 28.8 Å². The lowest BCUT2D eigenvalue weighted by Gasteiger charge is -2.19. The number of alkyl carbamates (subject to hydrolysis) is 1. The number of carbonyl (C=O) groups excluding carboxylic acids is 1. The summed E-state index contributed by atoms with van der Waals surface area (Å²) in [5.74, 6) is 0.866. The second-order valence-electron chi connectivity index (χ2n) is 5.53. The molecule has 0 saturated carbocycles. The summed E-state index contributed by atoms with van der Waals surface area (Å²) in [5.41, 5.74) is 0.625. The van der Waals surface area contributed by atoms with E-state index in [9.17, 15) is 4.79 Å². The lowest BCUT2D eigenvalue weighted by Crippen LogP contribution is -2.33. The quantitative estimate of drug-likeness (QED) is 0.803. The molecule has 112 valence electrons. The van der Waals surface area contributed by atoms with Crippen molar-refractivity contribution in [3.8, 4) is 0 Å². The highest BCUT2D eigenvalue weighted by molar-refractivity contribution is 9.10. The van der Waals surface area contributed by atoms with E-state index in [1.165, 1.54) is 0 Å². The second-order valence-corrected chi connectivity index (χ2v) is 6.44. The van der Waals surface area contributed by atoms with Gasteiger partial charge in [-0.3, -0.25) is 0 Å². The Balaban J connectivity index is 2.21. The first-order chi connectivity index (χ1) is 9.28. The molecule has 1 aromatic rings. The van der Waals surface area contributed by atoms with Crippen molar-refractivity contribution in [2.24, 2.45) is 0 Å². The van der Waals surface area contributed by atoms with Crippen LogP contribution in [0, 0.1) is 6.92 Å². The van der Waals surface area contributed by atoms with Crippen molar-refractivity contribution in [2.75, 3.05) is 18.4 Å². The molecule has 0 aliphatic heterocycles. The maximum atomic E-state index is 11.4. The van der Waals surface area contributed by atoms with Crippen LogP contribution in [-0.4, -0.2) is 29.8 Å². The number of aromatic nitrogens is 1. The number of ether oxygens (including phenoxy) is 1. The zero-order valence-corrected chi connectivity index (χ0v) is 14.0. The van der Waals surface area contributed by atoms with Crippen molar-refractivity contribution >= 4 is 27.8 Å². The van der Waals surface area contributed by atoms with E-state index in [1.807, 2.05) is 33.8 Å². The molecule has 6 heteroatoms. The summed E-state index contributed by atoms with van der Waals surface area (Å²) in [6, 6.07) is 2.01. The average Bonchev–Trinajstić information content (AvgIpc) is 2.28. The minimum atomic E-state index is -0.458. The predicted octanol–water partition coefficient (Wildman–Crippen LogP) is 3.48. The molecule has 1 aromatic heterocycles. The molecular weight excluding hydrogens is 322 g/mol. The van der Waals surface area contributed by atoms with Crippen LogP contribution < -0.4 is 10.6 Å². The standard InChI is InChI=1S/C14H22BrN3O2/c1-10-8-11(15)9-18-12(10)16-6-5-7-17-13(19)20-14(2,3)4/h8-9H,5-7H2,1-4H3,(H,16,18)(H,17,19). The fourth-order valence-corrected chi connectivity index (χ4v) is 1.97. The van der Waals surface area contributed by atoms with E-state index in [0.29, 0.717) is 6.54 Å². The molecule has 0 radical (unpaired) electrons. The highest BCUT2D eigenvalue weighted by Gasteiger charge is 2.15. The van der Waals surface area contributed by atoms with Crippen LogP contribution in [0.5, 0.6) is 0 Å². The predicted molar refractivity (Wildman–Crippen MR) is 84.0 cm³/mol. The van der Waals surface area contributed by atoms with E-state index in [2.05, 4.69) is 31.5 Å². The Morgan fingerprint density at radius 3 is 2.70 bits per heavy atom. The highest BCUT2D eigenvalue weighted by Crippen LogP contribution is 2.16. The molecule has 0 aliphatic rings. The average molecular weight is 344 g/mol. The molecule has 1 amide bonds. The van der Waals surface area contributed by atoms with Crippen molar-refractivity contribution in [3.05, 3.63) is 22.3 Å². The molecule has 20 heavy (non-hydrogen) atoms. The van der Waals surface area contributed by atoms with Gasteiger partial charge in [-0.2, -0.15) is 0 Å². The fourth-order valence-electron chi connectivity index (χ4n) is 1.53. The van der Waals surface area contributed by atoms with E-state index >= 15 is 0 Å². The Labute approximate surface area is 128 Å². The molecule has 0 spiro atoms. The number of carbonyl (C=O) groups is 1. The van der Waals surface area contributed by atoms with Crippen LogP contribution in [0.25, 0.3) is 0 Å². The molecule has 0 atom stereocenters. The van der Waals surface area contributed by atoms with Crippen LogP contribution >= 0.6 is 15.9 Å². The van der Waals surface area contributed by atoms with Crippen molar-refractivity contribution in [3.63, 3.8) is 0 Å². The number of aryl methyl sites for hydroxylation is 1. The SMILES string of the molecule is Cc1cc(Br)cnc1NCCCNC(=O)OC(C)(C)C. The largest absolute Gasteiger partial charge is 0.444 e. The first-order valence-electron chi connectivity index (χ1n) is 6.61. The molecule has 0 unspecified atom stereocenters. The van der Waals surface area contributed by atoms with Crippen molar-refractivity contribution in [1.29, 1.82) is 0 Å². The normalized spacial score (nSPS) is 11.1. The number of anilines is 1. The van der Waals surface area contributed by atoms with Crippen molar-refractivity contribution in [2.45, 2.75) is 39.7 Å².